The Bertz CT molecular complexity index is 41.3. The van der Waals surface area contributed by atoms with Gasteiger partial charge in [0, 0.05) is 0 Å². The maximum Gasteiger partial charge on any atom is 1.00 e. The van der Waals surface area contributed by atoms with E-state index in [0.29, 0.717) is 0 Å². The van der Waals surface area contributed by atoms with Crippen molar-refractivity contribution in [3.63, 3.8) is 0 Å². The van der Waals surface area contributed by atoms with Gasteiger partial charge in [-0.25, -0.2) is 0 Å². The van der Waals surface area contributed by atoms with Gasteiger partial charge in [-0.3, -0.25) is 0 Å². The Hall–Kier alpha value is 1.20. The smallest absolute Gasteiger partial charge is 1.00 e. The van der Waals surface area contributed by atoms with Crippen molar-refractivity contribution < 1.29 is 52.7 Å². The first-order chi connectivity index (χ1) is 1.91. The zero-order valence-electron chi connectivity index (χ0n) is 4.25. The number of hydrogen-bond donors (Lipinski definition) is 0. The maximum atomic E-state index is 7.58. The predicted molar refractivity (Wildman–Crippen MR) is 11.5 cm³/mol. The Morgan fingerprint density at radius 3 is 1.67 bits per heavy atom. The normalized spacial score (nSPS) is 4.00. The van der Waals surface area contributed by atoms with E-state index in [2.05, 4.69) is 0 Å². The molecule has 0 aromatic heterocycles. The largest absolute Gasteiger partial charge is 1.00 e. The third-order valence-corrected chi connectivity index (χ3v) is 0.278. The molecule has 29 valence electrons. The average Bonchev–Trinajstić information content (AvgIpc) is 1.37. The first kappa shape index (κ1) is 15.7. The minimum absolute atomic E-state index is 0. The third kappa shape index (κ3) is 18.9. The van der Waals surface area contributed by atoms with Gasteiger partial charge in [-0.1, -0.05) is 0 Å². The van der Waals surface area contributed by atoms with Crippen molar-refractivity contribution in [2.24, 2.45) is 0 Å². The van der Waals surface area contributed by atoms with Crippen molar-refractivity contribution in [2.45, 2.75) is 5.82 Å². The first-order valence-electron chi connectivity index (χ1n) is 0.676. The van der Waals surface area contributed by atoms with Gasteiger partial charge >= 0.3 is 68.7 Å². The second-order valence-corrected chi connectivity index (χ2v) is 0.900. The monoisotopic (exact) mass is 118 g/mol. The summed E-state index contributed by atoms with van der Waals surface area (Å²) in [6.45, 7) is 0. The molecule has 0 N–H and O–H groups in total. The van der Waals surface area contributed by atoms with E-state index in [4.69, 9.17) is 5.26 Å². The number of hydrogen-bond acceptors (Lipinski definition) is 1. The molecule has 0 spiro atoms. The Balaban J connectivity index is -0.0000000450. The van der Waals surface area contributed by atoms with Crippen molar-refractivity contribution >= 4 is 0 Å². The van der Waals surface area contributed by atoms with E-state index in [1.165, 1.54) is 15.0 Å². The van der Waals surface area contributed by atoms with Gasteiger partial charge in [0.15, 0.2) is 0 Å². The van der Waals surface area contributed by atoms with Crippen molar-refractivity contribution in [2.75, 3.05) is 0 Å². The molecular weight excluding hydrogens is 115 g/mol. The summed E-state index contributed by atoms with van der Waals surface area (Å²) in [5.74, 6) is 1.73. The van der Waals surface area contributed by atoms with Gasteiger partial charge in [0.2, 0.25) is 0 Å². The number of nitrogens with zero attached hydrogens (tertiary/aromatic N) is 1. The van der Waals surface area contributed by atoms with Crippen LogP contribution in [0, 0.1) is 10.2 Å². The van der Waals surface area contributed by atoms with Gasteiger partial charge < -0.3 is 0 Å². The molecule has 0 saturated carbocycles. The zero-order chi connectivity index (χ0) is 3.41. The second-order valence-electron chi connectivity index (χ2n) is 0.218. The molecule has 0 atom stereocenters. The van der Waals surface area contributed by atoms with Gasteiger partial charge in [-0.2, -0.15) is 0 Å². The van der Waals surface area contributed by atoms with Gasteiger partial charge in [0.25, 0.3) is 0 Å². The van der Waals surface area contributed by atoms with Crippen LogP contribution in [0.4, 0.5) is 0 Å². The standard InChI is InChI=1S/CN.CH3.Cu.2Li/c1-2;;;;/h;1H3;;;/q;;-2;2*+1. The molecule has 0 fully saturated rings. The molecule has 0 rings (SSSR count). The van der Waals surface area contributed by atoms with Gasteiger partial charge in [-0.05, 0) is 0 Å². The molecule has 0 unspecified atom stereocenters. The maximum absolute atomic E-state index is 7.58. The molecule has 0 aromatic carbocycles. The Kier molecular flexibility index (Phi) is 42.8. The summed E-state index contributed by atoms with van der Waals surface area (Å²) in [5.41, 5.74) is 0. The van der Waals surface area contributed by atoms with Crippen molar-refractivity contribution in [1.29, 1.82) is 5.26 Å². The van der Waals surface area contributed by atoms with E-state index in [1.54, 1.807) is 5.82 Å². The number of nitriles is 1. The fraction of sp³-hybridized carbons (Fsp3) is 0.500. The minimum Gasteiger partial charge on any atom is 1.00 e. The van der Waals surface area contributed by atoms with Crippen LogP contribution in [0.1, 0.15) is 0 Å². The Labute approximate surface area is 68.4 Å². The van der Waals surface area contributed by atoms with Crippen LogP contribution >= 0.6 is 0 Å². The molecule has 0 amide bonds. The van der Waals surface area contributed by atoms with Crippen LogP contribution < -0.4 is 37.7 Å². The van der Waals surface area contributed by atoms with Crippen LogP contribution in [0.2, 0.25) is 5.82 Å². The van der Waals surface area contributed by atoms with Gasteiger partial charge in [0.05, 0.1) is 0 Å². The van der Waals surface area contributed by atoms with Crippen LogP contribution in [0.25, 0.3) is 0 Å². The van der Waals surface area contributed by atoms with E-state index in [0.717, 1.165) is 0 Å². The summed E-state index contributed by atoms with van der Waals surface area (Å²) in [4.78, 5) is 1.84. The average molecular weight is 118 g/mol. The van der Waals surface area contributed by atoms with Crippen LogP contribution in [-0.2, 0) is 15.0 Å². The van der Waals surface area contributed by atoms with Crippen LogP contribution in [0.3, 0.4) is 0 Å². The first-order valence-corrected chi connectivity index (χ1v) is 2.09. The van der Waals surface area contributed by atoms with Gasteiger partial charge in [-0.15, -0.1) is 0 Å². The molecule has 0 saturated heterocycles. The van der Waals surface area contributed by atoms with Crippen LogP contribution in [0.15, 0.2) is 0 Å². The minimum atomic E-state index is 0. The summed E-state index contributed by atoms with van der Waals surface area (Å²) in [6, 6.07) is 0. The summed E-state index contributed by atoms with van der Waals surface area (Å²) < 4.78 is 0. The third-order valence-electron chi connectivity index (χ3n) is 0.0674. The fourth-order valence-electron chi connectivity index (χ4n) is 0. The van der Waals surface area contributed by atoms with Crippen molar-refractivity contribution in [3.8, 4) is 4.97 Å². The predicted octanol–water partition coefficient (Wildman–Crippen LogP) is -5.39. The Morgan fingerprint density at radius 2 is 1.67 bits per heavy atom. The molecule has 0 bridgehead atoms. The summed E-state index contributed by atoms with van der Waals surface area (Å²) in [5, 5.41) is 7.58. The topological polar surface area (TPSA) is 23.8 Å². The van der Waals surface area contributed by atoms with E-state index < -0.39 is 0 Å². The van der Waals surface area contributed by atoms with Crippen molar-refractivity contribution in [3.05, 3.63) is 0 Å². The molecule has 4 heteroatoms. The molecule has 0 aliphatic heterocycles. The Morgan fingerprint density at radius 1 is 1.50 bits per heavy atom. The van der Waals surface area contributed by atoms with E-state index in [-0.39, 0.29) is 37.7 Å². The van der Waals surface area contributed by atoms with Crippen LogP contribution in [-0.4, -0.2) is 0 Å². The molecular formula is C2H3CuLi2N. The molecule has 0 aliphatic carbocycles. The van der Waals surface area contributed by atoms with Crippen LogP contribution in [0.5, 0.6) is 0 Å². The summed E-state index contributed by atoms with van der Waals surface area (Å²) in [7, 11) is 0. The second kappa shape index (κ2) is 16.4. The molecule has 0 aromatic rings. The fourth-order valence-corrected chi connectivity index (χ4v) is 0. The number of rotatable bonds is 0. The quantitative estimate of drug-likeness (QED) is 0.292. The van der Waals surface area contributed by atoms with E-state index >= 15 is 0 Å². The molecule has 0 aliphatic rings. The van der Waals surface area contributed by atoms with E-state index in [1.807, 2.05) is 4.97 Å². The molecule has 0 radical (unpaired) electrons. The van der Waals surface area contributed by atoms with Crippen molar-refractivity contribution in [1.82, 2.24) is 0 Å². The van der Waals surface area contributed by atoms with E-state index in [9.17, 15) is 0 Å². The summed E-state index contributed by atoms with van der Waals surface area (Å²) >= 11 is 1.23. The molecule has 6 heavy (non-hydrogen) atoms. The summed E-state index contributed by atoms with van der Waals surface area (Å²) in [6.07, 6.45) is 0. The molecule has 1 nitrogen and oxygen atoms in total. The zero-order valence-corrected chi connectivity index (χ0v) is 5.19. The van der Waals surface area contributed by atoms with Gasteiger partial charge in [0.1, 0.15) is 0 Å². The SMILES string of the molecule is [CH3][Cu-2][C]#N.[Li+].[Li+]. The molecule has 0 heterocycles.